The van der Waals surface area contributed by atoms with Crippen molar-refractivity contribution in [3.05, 3.63) is 57.6 Å². The predicted octanol–water partition coefficient (Wildman–Crippen LogP) is 2.28. The molecule has 0 saturated heterocycles. The second kappa shape index (κ2) is 5.03. The molecule has 22 heavy (non-hydrogen) atoms. The van der Waals surface area contributed by atoms with E-state index in [2.05, 4.69) is 15.3 Å². The third-order valence-corrected chi connectivity index (χ3v) is 4.37. The fourth-order valence-corrected chi connectivity index (χ4v) is 3.04. The Labute approximate surface area is 129 Å². The van der Waals surface area contributed by atoms with Gasteiger partial charge in [0, 0.05) is 23.7 Å². The number of thiazole rings is 1. The molecule has 4 rings (SSSR count). The molecule has 0 aromatic carbocycles. The van der Waals surface area contributed by atoms with E-state index in [1.807, 2.05) is 5.38 Å². The van der Waals surface area contributed by atoms with Gasteiger partial charge >= 0.3 is 0 Å². The number of hydrogen-bond donors (Lipinski definition) is 1. The van der Waals surface area contributed by atoms with Gasteiger partial charge in [-0.2, -0.15) is 0 Å². The highest BCUT2D eigenvalue weighted by molar-refractivity contribution is 7.14. The number of rotatable bonds is 3. The van der Waals surface area contributed by atoms with Crippen LogP contribution in [-0.2, 0) is 0 Å². The van der Waals surface area contributed by atoms with E-state index in [1.54, 1.807) is 24.4 Å². The quantitative estimate of drug-likeness (QED) is 0.805. The lowest BCUT2D eigenvalue weighted by atomic mass is 10.3. The third kappa shape index (κ3) is 2.29. The predicted molar refractivity (Wildman–Crippen MR) is 83.5 cm³/mol. The molecule has 7 heteroatoms. The summed E-state index contributed by atoms with van der Waals surface area (Å²) in [5.74, 6) is 0.0577. The Kier molecular flexibility index (Phi) is 3.00. The summed E-state index contributed by atoms with van der Waals surface area (Å²) in [4.78, 5) is 33.1. The molecule has 0 aliphatic heterocycles. The van der Waals surface area contributed by atoms with Crippen molar-refractivity contribution in [1.82, 2.24) is 14.4 Å². The van der Waals surface area contributed by atoms with E-state index in [0.717, 1.165) is 18.5 Å². The molecule has 110 valence electrons. The molecule has 0 atom stereocenters. The second-order valence-corrected chi connectivity index (χ2v) is 6.07. The Hall–Kier alpha value is -2.54. The minimum atomic E-state index is -0.479. The van der Waals surface area contributed by atoms with E-state index in [0.29, 0.717) is 16.7 Å². The van der Waals surface area contributed by atoms with E-state index >= 15 is 0 Å². The lowest BCUT2D eigenvalue weighted by molar-refractivity contribution is 0.102. The van der Waals surface area contributed by atoms with Gasteiger partial charge < -0.3 is 0 Å². The number of aromatic nitrogens is 3. The van der Waals surface area contributed by atoms with Crippen LogP contribution in [-0.4, -0.2) is 20.3 Å². The topological polar surface area (TPSA) is 76.4 Å². The van der Waals surface area contributed by atoms with E-state index in [1.165, 1.54) is 21.9 Å². The second-order valence-electron chi connectivity index (χ2n) is 5.21. The standard InChI is InChI=1S/C15H12N4O2S/c20-13(18-15-17-11(8-22-15)9-4-5-9)10-7-16-12-3-1-2-6-19(12)14(10)21/h1-3,6-9H,4-5H2,(H,17,18,20). The van der Waals surface area contributed by atoms with E-state index in [4.69, 9.17) is 0 Å². The molecule has 6 nitrogen and oxygen atoms in total. The van der Waals surface area contributed by atoms with Crippen LogP contribution >= 0.6 is 11.3 Å². The number of pyridine rings is 1. The third-order valence-electron chi connectivity index (χ3n) is 3.60. The van der Waals surface area contributed by atoms with Crippen molar-refractivity contribution in [3.63, 3.8) is 0 Å². The minimum Gasteiger partial charge on any atom is -0.298 e. The number of anilines is 1. The number of carbonyl (C=O) groups is 1. The van der Waals surface area contributed by atoms with Crippen molar-refractivity contribution in [2.24, 2.45) is 0 Å². The van der Waals surface area contributed by atoms with Gasteiger partial charge in [0.15, 0.2) is 5.13 Å². The number of nitrogens with one attached hydrogen (secondary N) is 1. The number of nitrogens with zero attached hydrogens (tertiary/aromatic N) is 3. The number of hydrogen-bond acceptors (Lipinski definition) is 5. The van der Waals surface area contributed by atoms with Crippen LogP contribution in [0.5, 0.6) is 0 Å². The summed E-state index contributed by atoms with van der Waals surface area (Å²) in [5.41, 5.74) is 1.15. The van der Waals surface area contributed by atoms with Crippen molar-refractivity contribution in [1.29, 1.82) is 0 Å². The molecule has 0 radical (unpaired) electrons. The first-order valence-corrected chi connectivity index (χ1v) is 7.83. The van der Waals surface area contributed by atoms with E-state index in [-0.39, 0.29) is 11.1 Å². The van der Waals surface area contributed by atoms with Crippen LogP contribution in [0.1, 0.15) is 34.8 Å². The maximum Gasteiger partial charge on any atom is 0.270 e. The molecule has 3 aromatic heterocycles. The van der Waals surface area contributed by atoms with Gasteiger partial charge in [-0.3, -0.25) is 19.3 Å². The average molecular weight is 312 g/mol. The van der Waals surface area contributed by atoms with Crippen molar-refractivity contribution in [3.8, 4) is 0 Å². The Bertz CT molecular complexity index is 926. The zero-order valence-corrected chi connectivity index (χ0v) is 12.3. The number of carbonyl (C=O) groups excluding carboxylic acids is 1. The lowest BCUT2D eigenvalue weighted by Gasteiger charge is -2.03. The Balaban J connectivity index is 1.64. The molecule has 3 aromatic rings. The summed E-state index contributed by atoms with van der Waals surface area (Å²) in [6, 6.07) is 5.23. The smallest absolute Gasteiger partial charge is 0.270 e. The highest BCUT2D eigenvalue weighted by Gasteiger charge is 2.26. The molecular formula is C15H12N4O2S. The average Bonchev–Trinajstić information content (AvgIpc) is 3.28. The lowest BCUT2D eigenvalue weighted by Crippen LogP contribution is -2.26. The molecule has 1 saturated carbocycles. The Morgan fingerprint density at radius 1 is 1.36 bits per heavy atom. The van der Waals surface area contributed by atoms with E-state index in [9.17, 15) is 9.59 Å². The molecule has 1 amide bonds. The van der Waals surface area contributed by atoms with Crippen LogP contribution in [0.4, 0.5) is 5.13 Å². The molecule has 3 heterocycles. The molecule has 1 N–H and O–H groups in total. The van der Waals surface area contributed by atoms with Crippen molar-refractivity contribution in [2.75, 3.05) is 5.32 Å². The maximum absolute atomic E-state index is 12.3. The highest BCUT2D eigenvalue weighted by atomic mass is 32.1. The normalized spacial score (nSPS) is 14.2. The van der Waals surface area contributed by atoms with Gasteiger partial charge in [0.1, 0.15) is 11.2 Å². The summed E-state index contributed by atoms with van der Waals surface area (Å²) in [6.07, 6.45) is 5.22. The van der Waals surface area contributed by atoms with Crippen molar-refractivity contribution < 1.29 is 4.79 Å². The van der Waals surface area contributed by atoms with Gasteiger partial charge in [-0.05, 0) is 25.0 Å². The van der Waals surface area contributed by atoms with Gasteiger partial charge in [-0.1, -0.05) is 6.07 Å². The van der Waals surface area contributed by atoms with Gasteiger partial charge in [0.2, 0.25) is 0 Å². The first-order valence-electron chi connectivity index (χ1n) is 6.95. The number of amides is 1. The number of fused-ring (bicyclic) bond motifs is 1. The molecule has 1 aliphatic carbocycles. The SMILES string of the molecule is O=C(Nc1nc(C2CC2)cs1)c1cnc2ccccn2c1=O. The zero-order valence-electron chi connectivity index (χ0n) is 11.5. The first-order chi connectivity index (χ1) is 10.7. The first kappa shape index (κ1) is 13.1. The molecule has 1 aliphatic rings. The van der Waals surface area contributed by atoms with Crippen LogP contribution in [0.3, 0.4) is 0 Å². The van der Waals surface area contributed by atoms with Crippen LogP contribution in [0.25, 0.3) is 5.65 Å². The summed E-state index contributed by atoms with van der Waals surface area (Å²) < 4.78 is 1.35. The molecular weight excluding hydrogens is 300 g/mol. The van der Waals surface area contributed by atoms with Gasteiger partial charge in [0.05, 0.1) is 5.69 Å². The van der Waals surface area contributed by atoms with Crippen LogP contribution < -0.4 is 10.9 Å². The van der Waals surface area contributed by atoms with Crippen LogP contribution in [0, 0.1) is 0 Å². The van der Waals surface area contributed by atoms with Crippen LogP contribution in [0.2, 0.25) is 0 Å². The van der Waals surface area contributed by atoms with Gasteiger partial charge in [-0.15, -0.1) is 11.3 Å². The summed E-state index contributed by atoms with van der Waals surface area (Å²) in [7, 11) is 0. The zero-order chi connectivity index (χ0) is 15.1. The van der Waals surface area contributed by atoms with Gasteiger partial charge in [-0.25, -0.2) is 9.97 Å². The Morgan fingerprint density at radius 3 is 3.05 bits per heavy atom. The van der Waals surface area contributed by atoms with Crippen molar-refractivity contribution in [2.45, 2.75) is 18.8 Å². The Morgan fingerprint density at radius 2 is 2.23 bits per heavy atom. The van der Waals surface area contributed by atoms with E-state index < -0.39 is 5.91 Å². The monoisotopic (exact) mass is 312 g/mol. The summed E-state index contributed by atoms with van der Waals surface area (Å²) >= 11 is 1.38. The summed E-state index contributed by atoms with van der Waals surface area (Å²) in [6.45, 7) is 0. The van der Waals surface area contributed by atoms with Gasteiger partial charge in [0.25, 0.3) is 11.5 Å². The fraction of sp³-hybridized carbons (Fsp3) is 0.200. The van der Waals surface area contributed by atoms with Crippen molar-refractivity contribution >= 4 is 28.0 Å². The fourth-order valence-electron chi connectivity index (χ4n) is 2.26. The molecule has 1 fully saturated rings. The largest absolute Gasteiger partial charge is 0.298 e. The molecule has 0 bridgehead atoms. The maximum atomic E-state index is 12.3. The minimum absolute atomic E-state index is 0.00636. The highest BCUT2D eigenvalue weighted by Crippen LogP contribution is 2.40. The summed E-state index contributed by atoms with van der Waals surface area (Å²) in [5, 5.41) is 5.16. The molecule has 0 unspecified atom stereocenters. The molecule has 0 spiro atoms. The van der Waals surface area contributed by atoms with Crippen LogP contribution in [0.15, 0.2) is 40.8 Å².